The molecule has 1 atom stereocenters. The minimum atomic E-state index is -0.102. The second-order valence-electron chi connectivity index (χ2n) is 3.08. The molecule has 0 aromatic carbocycles. The topological polar surface area (TPSA) is 35.8 Å². The summed E-state index contributed by atoms with van der Waals surface area (Å²) in [6, 6.07) is 2.55. The third kappa shape index (κ3) is 4.56. The van der Waals surface area contributed by atoms with Gasteiger partial charge in [0.05, 0.1) is 12.0 Å². The molecule has 0 spiro atoms. The van der Waals surface area contributed by atoms with Gasteiger partial charge in [-0.15, -0.1) is 0 Å². The Morgan fingerprint density at radius 3 is 2.50 bits per heavy atom. The Labute approximate surface area is 74.6 Å². The SMILES string of the molecule is C=C(/C=C\NC(C)C)C(C)C#N. The maximum atomic E-state index is 8.55. The molecule has 66 valence electrons. The van der Waals surface area contributed by atoms with Crippen molar-refractivity contribution in [3.05, 3.63) is 24.4 Å². The summed E-state index contributed by atoms with van der Waals surface area (Å²) in [5.74, 6) is -0.102. The molecule has 0 aromatic rings. The van der Waals surface area contributed by atoms with Crippen LogP contribution < -0.4 is 5.32 Å². The molecule has 0 aromatic heterocycles. The number of nitriles is 1. The number of rotatable bonds is 4. The minimum absolute atomic E-state index is 0.102. The molecule has 2 heteroatoms. The van der Waals surface area contributed by atoms with Crippen molar-refractivity contribution in [2.24, 2.45) is 5.92 Å². The average Bonchev–Trinajstić information content (AvgIpc) is 2.02. The lowest BCUT2D eigenvalue weighted by molar-refractivity contribution is 0.701. The zero-order valence-electron chi connectivity index (χ0n) is 7.96. The standard InChI is InChI=1S/C10H16N2/c1-8(2)12-6-5-9(3)10(4)7-11/h5-6,8,10,12H,3H2,1-2,4H3/b6-5-. The molecule has 0 amide bonds. The first-order chi connectivity index (χ1) is 5.57. The lowest BCUT2D eigenvalue weighted by atomic mass is 10.1. The van der Waals surface area contributed by atoms with E-state index in [4.69, 9.17) is 5.26 Å². The molecule has 0 fully saturated rings. The Hall–Kier alpha value is -1.23. The molecule has 0 heterocycles. The summed E-state index contributed by atoms with van der Waals surface area (Å²) in [4.78, 5) is 0. The van der Waals surface area contributed by atoms with Crippen LogP contribution in [0, 0.1) is 17.2 Å². The molecule has 0 aliphatic rings. The molecule has 0 saturated heterocycles. The molecule has 0 aliphatic heterocycles. The highest BCUT2D eigenvalue weighted by molar-refractivity contribution is 5.21. The second-order valence-corrected chi connectivity index (χ2v) is 3.08. The molecule has 0 saturated carbocycles. The quantitative estimate of drug-likeness (QED) is 0.647. The minimum Gasteiger partial charge on any atom is -0.389 e. The Balaban J connectivity index is 3.86. The lowest BCUT2D eigenvalue weighted by Crippen LogP contribution is -2.15. The van der Waals surface area contributed by atoms with Crippen LogP contribution in [0.25, 0.3) is 0 Å². The molecule has 0 rings (SSSR count). The Bertz CT molecular complexity index is 208. The van der Waals surface area contributed by atoms with Crippen LogP contribution in [0.5, 0.6) is 0 Å². The van der Waals surface area contributed by atoms with E-state index in [1.807, 2.05) is 19.2 Å². The van der Waals surface area contributed by atoms with E-state index < -0.39 is 0 Å². The first kappa shape index (κ1) is 10.8. The number of hydrogen-bond acceptors (Lipinski definition) is 2. The van der Waals surface area contributed by atoms with Crippen LogP contribution in [-0.2, 0) is 0 Å². The number of nitrogens with one attached hydrogen (secondary N) is 1. The van der Waals surface area contributed by atoms with Gasteiger partial charge in [-0.05, 0) is 38.6 Å². The maximum absolute atomic E-state index is 8.55. The molecule has 0 aliphatic carbocycles. The smallest absolute Gasteiger partial charge is 0.0700 e. The van der Waals surface area contributed by atoms with E-state index in [0.29, 0.717) is 6.04 Å². The fraction of sp³-hybridized carbons (Fsp3) is 0.500. The summed E-state index contributed by atoms with van der Waals surface area (Å²) in [5, 5.41) is 11.7. The molecule has 2 nitrogen and oxygen atoms in total. The van der Waals surface area contributed by atoms with Crippen LogP contribution in [0.15, 0.2) is 24.4 Å². The number of allylic oxidation sites excluding steroid dienone is 2. The largest absolute Gasteiger partial charge is 0.389 e. The highest BCUT2D eigenvalue weighted by Gasteiger charge is 1.99. The van der Waals surface area contributed by atoms with Crippen molar-refractivity contribution >= 4 is 0 Å². The van der Waals surface area contributed by atoms with Crippen molar-refractivity contribution < 1.29 is 0 Å². The second kappa shape index (κ2) is 5.42. The predicted molar refractivity (Wildman–Crippen MR) is 51.3 cm³/mol. The Morgan fingerprint density at radius 1 is 1.50 bits per heavy atom. The molecule has 12 heavy (non-hydrogen) atoms. The van der Waals surface area contributed by atoms with Crippen LogP contribution >= 0.6 is 0 Å². The van der Waals surface area contributed by atoms with Gasteiger partial charge in [-0.1, -0.05) is 6.58 Å². The molecular weight excluding hydrogens is 148 g/mol. The van der Waals surface area contributed by atoms with E-state index in [1.165, 1.54) is 0 Å². The fourth-order valence-electron chi connectivity index (χ4n) is 0.575. The summed E-state index contributed by atoms with van der Waals surface area (Å²) in [7, 11) is 0. The van der Waals surface area contributed by atoms with Gasteiger partial charge in [-0.25, -0.2) is 0 Å². The maximum Gasteiger partial charge on any atom is 0.0700 e. The highest BCUT2D eigenvalue weighted by Crippen LogP contribution is 2.06. The summed E-state index contributed by atoms with van der Waals surface area (Å²) in [5.41, 5.74) is 0.839. The zero-order chi connectivity index (χ0) is 9.56. The monoisotopic (exact) mass is 164 g/mol. The van der Waals surface area contributed by atoms with Crippen molar-refractivity contribution in [1.29, 1.82) is 5.26 Å². The third-order valence-electron chi connectivity index (χ3n) is 1.48. The van der Waals surface area contributed by atoms with Crippen LogP contribution in [0.4, 0.5) is 0 Å². The molecule has 0 radical (unpaired) electrons. The lowest BCUT2D eigenvalue weighted by Gasteiger charge is -2.04. The van der Waals surface area contributed by atoms with Gasteiger partial charge in [0.15, 0.2) is 0 Å². The van der Waals surface area contributed by atoms with E-state index in [2.05, 4.69) is 31.8 Å². The Morgan fingerprint density at radius 2 is 2.08 bits per heavy atom. The molecule has 1 unspecified atom stereocenters. The van der Waals surface area contributed by atoms with Crippen molar-refractivity contribution in [2.75, 3.05) is 0 Å². The van der Waals surface area contributed by atoms with Gasteiger partial charge in [0, 0.05) is 6.04 Å². The van der Waals surface area contributed by atoms with Crippen molar-refractivity contribution in [3.8, 4) is 6.07 Å². The van der Waals surface area contributed by atoms with Gasteiger partial charge in [0.1, 0.15) is 0 Å². The first-order valence-corrected chi connectivity index (χ1v) is 4.09. The van der Waals surface area contributed by atoms with Crippen molar-refractivity contribution in [1.82, 2.24) is 5.32 Å². The van der Waals surface area contributed by atoms with Crippen molar-refractivity contribution in [3.63, 3.8) is 0 Å². The van der Waals surface area contributed by atoms with E-state index >= 15 is 0 Å². The van der Waals surface area contributed by atoms with Crippen LogP contribution in [-0.4, -0.2) is 6.04 Å². The van der Waals surface area contributed by atoms with Gasteiger partial charge in [-0.2, -0.15) is 5.26 Å². The van der Waals surface area contributed by atoms with Gasteiger partial charge >= 0.3 is 0 Å². The first-order valence-electron chi connectivity index (χ1n) is 4.09. The van der Waals surface area contributed by atoms with Crippen molar-refractivity contribution in [2.45, 2.75) is 26.8 Å². The van der Waals surface area contributed by atoms with Crippen LogP contribution in [0.1, 0.15) is 20.8 Å². The van der Waals surface area contributed by atoms with E-state index in [0.717, 1.165) is 5.57 Å². The van der Waals surface area contributed by atoms with E-state index in [1.54, 1.807) is 0 Å². The zero-order valence-corrected chi connectivity index (χ0v) is 7.96. The molecule has 0 bridgehead atoms. The summed E-state index contributed by atoms with van der Waals surface area (Å²) in [6.45, 7) is 9.72. The van der Waals surface area contributed by atoms with E-state index in [9.17, 15) is 0 Å². The number of nitrogens with zero attached hydrogens (tertiary/aromatic N) is 1. The predicted octanol–water partition coefficient (Wildman–Crippen LogP) is 2.21. The Kier molecular flexibility index (Phi) is 4.87. The van der Waals surface area contributed by atoms with Gasteiger partial charge in [0.2, 0.25) is 0 Å². The van der Waals surface area contributed by atoms with Gasteiger partial charge in [-0.3, -0.25) is 0 Å². The summed E-state index contributed by atoms with van der Waals surface area (Å²) in [6.07, 6.45) is 3.68. The normalized spacial score (nSPS) is 12.9. The fourth-order valence-corrected chi connectivity index (χ4v) is 0.575. The highest BCUT2D eigenvalue weighted by atomic mass is 14.9. The van der Waals surface area contributed by atoms with Gasteiger partial charge in [0.25, 0.3) is 0 Å². The molecular formula is C10H16N2. The summed E-state index contributed by atoms with van der Waals surface area (Å²) >= 11 is 0. The van der Waals surface area contributed by atoms with Crippen LogP contribution in [0.3, 0.4) is 0 Å². The summed E-state index contributed by atoms with van der Waals surface area (Å²) < 4.78 is 0. The molecule has 1 N–H and O–H groups in total. The van der Waals surface area contributed by atoms with E-state index in [-0.39, 0.29) is 5.92 Å². The van der Waals surface area contributed by atoms with Crippen LogP contribution in [0.2, 0.25) is 0 Å². The number of hydrogen-bond donors (Lipinski definition) is 1. The third-order valence-corrected chi connectivity index (χ3v) is 1.48. The van der Waals surface area contributed by atoms with Gasteiger partial charge < -0.3 is 5.32 Å². The average molecular weight is 164 g/mol.